The van der Waals surface area contributed by atoms with E-state index in [0.717, 1.165) is 39.3 Å². The summed E-state index contributed by atoms with van der Waals surface area (Å²) >= 11 is 0. The lowest BCUT2D eigenvalue weighted by Crippen LogP contribution is -2.03. The molecule has 0 unspecified atom stereocenters. The molecule has 0 bridgehead atoms. The molecule has 0 aliphatic heterocycles. The van der Waals surface area contributed by atoms with Crippen LogP contribution in [0.3, 0.4) is 0 Å². The van der Waals surface area contributed by atoms with Crippen molar-refractivity contribution in [1.29, 1.82) is 0 Å². The smallest absolute Gasteiger partial charge is 0.0991 e. The van der Waals surface area contributed by atoms with E-state index in [9.17, 15) is 0 Å². The van der Waals surface area contributed by atoms with Gasteiger partial charge in [-0.2, -0.15) is 15.0 Å². The van der Waals surface area contributed by atoms with Crippen LogP contribution in [-0.4, -0.2) is 39.5 Å². The zero-order chi connectivity index (χ0) is 22.0. The van der Waals surface area contributed by atoms with E-state index < -0.39 is 0 Å². The molecule has 0 aliphatic rings. The molecule has 33 heavy (non-hydrogen) atoms. The summed E-state index contributed by atoms with van der Waals surface area (Å²) in [6.07, 6.45) is 12.4. The summed E-state index contributed by atoms with van der Waals surface area (Å²) in [4.78, 5) is 5.84. The predicted octanol–water partition coefficient (Wildman–Crippen LogP) is 4.37. The van der Waals surface area contributed by atoms with E-state index >= 15 is 0 Å². The summed E-state index contributed by atoms with van der Waals surface area (Å²) in [5.41, 5.74) is 7.06. The monoisotopic (exact) mass is 430 g/mol. The molecule has 0 aliphatic carbocycles. The minimum absolute atomic E-state index is 0.895. The fourth-order valence-corrected chi connectivity index (χ4v) is 3.99. The van der Waals surface area contributed by atoms with Crippen LogP contribution in [0.4, 0.5) is 0 Å². The van der Waals surface area contributed by atoms with Gasteiger partial charge in [0.05, 0.1) is 42.5 Å². The van der Waals surface area contributed by atoms with Crippen molar-refractivity contribution in [2.24, 2.45) is 0 Å². The van der Waals surface area contributed by atoms with Gasteiger partial charge in [-0.05, 0) is 47.0 Å². The normalized spacial score (nSPS) is 11.0. The van der Waals surface area contributed by atoms with Crippen molar-refractivity contribution in [2.45, 2.75) is 0 Å². The second-order valence-corrected chi connectivity index (χ2v) is 7.44. The first-order chi connectivity index (χ1) is 16.4. The number of hydrogen-bond donors (Lipinski definition) is 0. The first-order valence-electron chi connectivity index (χ1n) is 10.4. The third-order valence-corrected chi connectivity index (χ3v) is 5.46. The highest BCUT2D eigenvalue weighted by Crippen LogP contribution is 2.37. The third kappa shape index (κ3) is 3.49. The maximum Gasteiger partial charge on any atom is 0.0991 e. The predicted molar refractivity (Wildman–Crippen MR) is 124 cm³/mol. The van der Waals surface area contributed by atoms with Crippen molar-refractivity contribution in [3.8, 4) is 39.3 Å². The molecule has 0 N–H and O–H groups in total. The van der Waals surface area contributed by atoms with Gasteiger partial charge < -0.3 is 4.57 Å². The minimum Gasteiger partial charge on any atom is -0.306 e. The SMILES string of the molecule is c1cc(-c2c(-c3cccc(-n4ccnn4)c3)cccc2-n2nccn2)cc(-n2ccnc2)c1. The van der Waals surface area contributed by atoms with Crippen LogP contribution < -0.4 is 0 Å². The highest BCUT2D eigenvalue weighted by atomic mass is 15.5. The molecule has 0 saturated heterocycles. The van der Waals surface area contributed by atoms with Crippen molar-refractivity contribution < 1.29 is 0 Å². The molecule has 0 saturated carbocycles. The van der Waals surface area contributed by atoms with Gasteiger partial charge in [0.1, 0.15) is 0 Å². The molecule has 3 heterocycles. The molecule has 0 radical (unpaired) electrons. The van der Waals surface area contributed by atoms with E-state index in [4.69, 9.17) is 0 Å². The number of benzene rings is 3. The van der Waals surface area contributed by atoms with E-state index in [1.807, 2.05) is 47.3 Å². The van der Waals surface area contributed by atoms with Crippen LogP contribution in [-0.2, 0) is 0 Å². The highest BCUT2D eigenvalue weighted by Gasteiger charge is 2.16. The number of rotatable bonds is 5. The van der Waals surface area contributed by atoms with Crippen LogP contribution in [0.15, 0.2) is 110 Å². The van der Waals surface area contributed by atoms with Crippen molar-refractivity contribution in [3.63, 3.8) is 0 Å². The van der Waals surface area contributed by atoms with Gasteiger partial charge in [0.25, 0.3) is 0 Å². The van der Waals surface area contributed by atoms with Crippen LogP contribution >= 0.6 is 0 Å². The highest BCUT2D eigenvalue weighted by molar-refractivity contribution is 5.89. The van der Waals surface area contributed by atoms with Crippen LogP contribution in [0, 0.1) is 0 Å². The van der Waals surface area contributed by atoms with E-state index in [-0.39, 0.29) is 0 Å². The molecule has 0 amide bonds. The lowest BCUT2D eigenvalue weighted by atomic mass is 9.92. The van der Waals surface area contributed by atoms with Gasteiger partial charge in [-0.3, -0.25) is 0 Å². The van der Waals surface area contributed by atoms with Gasteiger partial charge in [-0.15, -0.1) is 5.10 Å². The summed E-state index contributed by atoms with van der Waals surface area (Å²) in [5, 5.41) is 16.9. The quantitative estimate of drug-likeness (QED) is 0.406. The van der Waals surface area contributed by atoms with Gasteiger partial charge in [0.15, 0.2) is 0 Å². The molecule has 0 spiro atoms. The van der Waals surface area contributed by atoms with Gasteiger partial charge in [-0.25, -0.2) is 9.67 Å². The van der Waals surface area contributed by atoms with Crippen LogP contribution in [0.5, 0.6) is 0 Å². The Kier molecular flexibility index (Phi) is 4.58. The average Bonchev–Trinajstić information content (AvgIpc) is 3.67. The number of imidazole rings is 1. The molecule has 158 valence electrons. The Morgan fingerprint density at radius 1 is 0.667 bits per heavy atom. The second kappa shape index (κ2) is 8.01. The molecule has 3 aromatic heterocycles. The van der Waals surface area contributed by atoms with Gasteiger partial charge in [0, 0.05) is 23.6 Å². The van der Waals surface area contributed by atoms with Gasteiger partial charge >= 0.3 is 0 Å². The first-order valence-corrected chi connectivity index (χ1v) is 10.4. The summed E-state index contributed by atoms with van der Waals surface area (Å²) in [6.45, 7) is 0. The summed E-state index contributed by atoms with van der Waals surface area (Å²) < 4.78 is 3.74. The average molecular weight is 430 g/mol. The van der Waals surface area contributed by atoms with Crippen LogP contribution in [0.25, 0.3) is 39.3 Å². The van der Waals surface area contributed by atoms with Crippen LogP contribution in [0.1, 0.15) is 0 Å². The first kappa shape index (κ1) is 18.9. The molecular weight excluding hydrogens is 412 g/mol. The van der Waals surface area contributed by atoms with E-state index in [2.05, 4.69) is 61.9 Å². The Labute approximate surface area is 189 Å². The topological polar surface area (TPSA) is 79.2 Å². The molecule has 6 rings (SSSR count). The maximum absolute atomic E-state index is 4.41. The van der Waals surface area contributed by atoms with Crippen molar-refractivity contribution in [1.82, 2.24) is 39.5 Å². The number of hydrogen-bond acceptors (Lipinski definition) is 5. The molecule has 8 heteroatoms. The summed E-state index contributed by atoms with van der Waals surface area (Å²) in [5.74, 6) is 0. The second-order valence-electron chi connectivity index (χ2n) is 7.44. The van der Waals surface area contributed by atoms with Gasteiger partial charge in [0.2, 0.25) is 0 Å². The Balaban J connectivity index is 1.58. The zero-order valence-corrected chi connectivity index (χ0v) is 17.5. The molecule has 8 nitrogen and oxygen atoms in total. The number of nitrogens with zero attached hydrogens (tertiary/aromatic N) is 8. The van der Waals surface area contributed by atoms with E-state index in [0.29, 0.717) is 0 Å². The lowest BCUT2D eigenvalue weighted by molar-refractivity contribution is 0.753. The Hall–Kier alpha value is -4.85. The van der Waals surface area contributed by atoms with Crippen molar-refractivity contribution >= 4 is 0 Å². The van der Waals surface area contributed by atoms with Crippen molar-refractivity contribution in [2.75, 3.05) is 0 Å². The molecular formula is C25H18N8. The Bertz CT molecular complexity index is 1500. The summed E-state index contributed by atoms with van der Waals surface area (Å²) in [7, 11) is 0. The zero-order valence-electron chi connectivity index (χ0n) is 17.5. The largest absolute Gasteiger partial charge is 0.306 e. The van der Waals surface area contributed by atoms with Gasteiger partial charge in [-0.1, -0.05) is 41.6 Å². The van der Waals surface area contributed by atoms with E-state index in [1.165, 1.54) is 0 Å². The molecule has 0 fully saturated rings. The molecule has 6 aromatic rings. The Morgan fingerprint density at radius 3 is 2.24 bits per heavy atom. The Morgan fingerprint density at radius 2 is 1.45 bits per heavy atom. The molecule has 3 aromatic carbocycles. The fourth-order valence-electron chi connectivity index (χ4n) is 3.99. The fraction of sp³-hybridized carbons (Fsp3) is 0. The third-order valence-electron chi connectivity index (χ3n) is 5.46. The standard InChI is InChI=1S/C25H18N8/c1-4-19(16-22(7-1)32-15-13-27-30-32)23-8-3-9-24(33-28-10-11-29-33)25(23)20-5-2-6-21(17-20)31-14-12-26-18-31/h1-18H. The maximum atomic E-state index is 4.41. The van der Waals surface area contributed by atoms with E-state index in [1.54, 1.807) is 40.6 Å². The van der Waals surface area contributed by atoms with Crippen LogP contribution in [0.2, 0.25) is 0 Å². The van der Waals surface area contributed by atoms with Crippen molar-refractivity contribution in [3.05, 3.63) is 110 Å². The lowest BCUT2D eigenvalue weighted by Gasteiger charge is -2.16. The number of aromatic nitrogens is 8. The minimum atomic E-state index is 0.895. The summed E-state index contributed by atoms with van der Waals surface area (Å²) in [6, 6.07) is 22.8. The molecule has 0 atom stereocenters.